The number of aromatic nitrogens is 10. The van der Waals surface area contributed by atoms with Crippen molar-refractivity contribution in [2.24, 2.45) is 42.3 Å². The van der Waals surface area contributed by atoms with Crippen molar-refractivity contribution in [1.82, 2.24) is 87.5 Å². The second-order valence-electron chi connectivity index (χ2n) is 27.3. The van der Waals surface area contributed by atoms with Crippen molar-refractivity contribution in [2.45, 2.75) is 72.6 Å². The van der Waals surface area contributed by atoms with Gasteiger partial charge < -0.3 is 58.0 Å². The first-order valence-corrected chi connectivity index (χ1v) is 36.5. The van der Waals surface area contributed by atoms with Crippen LogP contribution < -0.4 is 16.3 Å². The summed E-state index contributed by atoms with van der Waals surface area (Å²) in [5.74, 6) is 0.466. The van der Waals surface area contributed by atoms with Gasteiger partial charge in [-0.2, -0.15) is 10.2 Å². The number of benzene rings is 5. The summed E-state index contributed by atoms with van der Waals surface area (Å²) in [6.45, 7) is 16.3. The molecule has 0 atom stereocenters. The second-order valence-corrected chi connectivity index (χ2v) is 27.3. The number of carbonyl (C=O) groups is 7. The Labute approximate surface area is 643 Å². The van der Waals surface area contributed by atoms with Gasteiger partial charge >= 0.3 is 35.7 Å². The summed E-state index contributed by atoms with van der Waals surface area (Å²) in [6.07, 6.45) is 6.08. The van der Waals surface area contributed by atoms with Crippen LogP contribution in [-0.4, -0.2) is 258 Å². The Morgan fingerprint density at radius 3 is 1.23 bits per heavy atom. The van der Waals surface area contributed by atoms with E-state index in [-0.39, 0.29) is 41.6 Å². The minimum Gasteiger partial charge on any atom is -0.448 e. The zero-order valence-corrected chi connectivity index (χ0v) is 67.5. The number of oxazole rings is 1. The van der Waals surface area contributed by atoms with Crippen LogP contribution in [0.1, 0.15) is 66.7 Å². The monoisotopic (exact) mass is 1520 g/mol. The third kappa shape index (κ3) is 24.6. The van der Waals surface area contributed by atoms with Crippen LogP contribution in [-0.2, 0) is 72.6 Å². The average Bonchev–Trinajstić information content (AvgIpc) is 1.62. The number of cyclic esters (lactones) is 2. The maximum absolute atomic E-state index is 11.4. The van der Waals surface area contributed by atoms with Crippen LogP contribution >= 0.6 is 0 Å². The molecule has 12 heterocycles. The fourth-order valence-electron chi connectivity index (χ4n) is 11.7. The van der Waals surface area contributed by atoms with Crippen molar-refractivity contribution in [3.8, 4) is 0 Å². The third-order valence-electron chi connectivity index (χ3n) is 19.1. The molecule has 0 N–H and O–H groups in total. The lowest BCUT2D eigenvalue weighted by molar-refractivity contribution is -0.131. The van der Waals surface area contributed by atoms with Crippen molar-refractivity contribution >= 4 is 91.7 Å². The molecular weight excluding hydrogens is 1410 g/mol. The molecular formula is C79H111N19O12. The molecule has 0 saturated carbocycles. The van der Waals surface area contributed by atoms with Crippen molar-refractivity contribution < 1.29 is 47.5 Å². The van der Waals surface area contributed by atoms with Crippen molar-refractivity contribution in [1.29, 1.82) is 0 Å². The number of aryl methyl sites for hydroxylation is 8. The maximum atomic E-state index is 11.4. The van der Waals surface area contributed by atoms with Crippen LogP contribution in [0.4, 0.5) is 24.9 Å². The number of fused-ring (bicyclic) bond motifs is 5. The molecule has 9 amide bonds. The fraction of sp³-hybridized carbons (Fsp3) is 0.456. The first kappa shape index (κ1) is 87.1. The van der Waals surface area contributed by atoms with Gasteiger partial charge in [-0.25, -0.2) is 33.4 Å². The predicted molar refractivity (Wildman–Crippen MR) is 427 cm³/mol. The van der Waals surface area contributed by atoms with Gasteiger partial charge in [0.2, 0.25) is 17.7 Å². The molecule has 7 aliphatic rings. The molecule has 0 unspecified atom stereocenters. The predicted octanol–water partition coefficient (Wildman–Crippen LogP) is 8.77. The molecule has 17 rings (SSSR count). The Balaban J connectivity index is 0.000000188. The quantitative estimate of drug-likeness (QED) is 0.137. The molecule has 31 nitrogen and oxygen atoms in total. The van der Waals surface area contributed by atoms with Gasteiger partial charge in [0.1, 0.15) is 18.7 Å². The lowest BCUT2D eigenvalue weighted by Crippen LogP contribution is -2.44. The second kappa shape index (κ2) is 42.1. The van der Waals surface area contributed by atoms with E-state index in [1.165, 1.54) is 33.1 Å². The minimum atomic E-state index is -0.314. The number of likely N-dealkylation sites (tertiary alicyclic amines) is 2. The van der Waals surface area contributed by atoms with E-state index >= 15 is 0 Å². The number of hydrogen-bond acceptors (Lipinski definition) is 16. The van der Waals surface area contributed by atoms with E-state index in [0.717, 1.165) is 135 Å². The maximum Gasteiger partial charge on any atom is 0.419 e. The largest absolute Gasteiger partial charge is 0.448 e. The summed E-state index contributed by atoms with van der Waals surface area (Å²) >= 11 is 0. The third-order valence-corrected chi connectivity index (χ3v) is 19.1. The molecule has 6 saturated heterocycles. The van der Waals surface area contributed by atoms with Crippen molar-refractivity contribution in [3.63, 3.8) is 0 Å². The standard InChI is InChI=1S/C9H10N2O.C9H10N2.C9H9NO.C8H7NO2.C7H7N3.C7H12N2.C6H12N2O.C6H11NO.C5H10N2O.C5H9NO.2C4H7NO2/c1-10-7-5-3-4-6-8(7)11(2)9(10)12;1-7-8-5-3-4-6-9(8)11(2)10-7;1-10-8-5-3-2-4-7(8)6-9(10)11;1-9-6-4-2-3-5-7(6)11-8(9)10;1-10-7-5-3-2-4-6(7)8-9-10;1-5-6(2)8-9(4)7(5)3;1-7-4-3-5-8(2)6(7)9;1-7-5-3-2-4-6(7)8;1-6-3-4-7(2)5(6)8;1-6-4-2-3-5(6)7;2*1-5-2-3-7-4(5)6/h3-6H,1-2H3;3-6H,1-2H3;2-5H,6H2,1H3;2-5H,1H3;2-5H,1H3;1-4H3;3-5H2,1-2H3;2-5H2,1H3;3-4H2,1-2H3;2-4H2,1H3;2*2-3H2,1H3. The van der Waals surface area contributed by atoms with Crippen LogP contribution in [0.3, 0.4) is 0 Å². The molecule has 31 heteroatoms. The smallest absolute Gasteiger partial charge is 0.419 e. The van der Waals surface area contributed by atoms with E-state index in [2.05, 4.69) is 56.0 Å². The van der Waals surface area contributed by atoms with Gasteiger partial charge in [-0.15, -0.1) is 5.10 Å². The molecule has 5 aromatic carbocycles. The molecule has 0 radical (unpaired) electrons. The molecule has 0 spiro atoms. The number of ether oxygens (including phenoxy) is 2. The average molecular weight is 1520 g/mol. The first-order valence-electron chi connectivity index (χ1n) is 36.5. The number of amides is 9. The highest BCUT2D eigenvalue weighted by atomic mass is 16.6. The van der Waals surface area contributed by atoms with Gasteiger partial charge in [0.05, 0.1) is 58.5 Å². The highest BCUT2D eigenvalue weighted by Crippen LogP contribution is 2.26. The molecule has 594 valence electrons. The van der Waals surface area contributed by atoms with Crippen LogP contribution in [0.5, 0.6) is 0 Å². The van der Waals surface area contributed by atoms with E-state index in [4.69, 9.17) is 4.42 Å². The number of rotatable bonds is 0. The number of likely N-dealkylation sites (N-methyl/N-ethyl adjacent to an activating group) is 5. The van der Waals surface area contributed by atoms with Gasteiger partial charge in [0.25, 0.3) is 0 Å². The number of hydrogen-bond donors (Lipinski definition) is 0. The lowest BCUT2D eigenvalue weighted by atomic mass is 10.1. The Hall–Kier alpha value is -11.8. The zero-order valence-electron chi connectivity index (χ0n) is 67.5. The van der Waals surface area contributed by atoms with Gasteiger partial charge in [-0.1, -0.05) is 78.0 Å². The van der Waals surface area contributed by atoms with Crippen LogP contribution in [0, 0.1) is 27.7 Å². The summed E-state index contributed by atoms with van der Waals surface area (Å²) in [4.78, 5) is 112. The lowest BCUT2D eigenvalue weighted by Gasteiger charge is -2.30. The zero-order chi connectivity index (χ0) is 81.1. The number of anilines is 1. The van der Waals surface area contributed by atoms with Crippen molar-refractivity contribution in [2.75, 3.05) is 134 Å². The molecule has 110 heavy (non-hydrogen) atoms. The van der Waals surface area contributed by atoms with E-state index in [0.29, 0.717) is 37.0 Å². The van der Waals surface area contributed by atoms with Gasteiger partial charge in [0, 0.05) is 175 Å². The van der Waals surface area contributed by atoms with Gasteiger partial charge in [-0.3, -0.25) is 37.4 Å². The molecule has 6 fully saturated rings. The van der Waals surface area contributed by atoms with Crippen LogP contribution in [0.25, 0.3) is 44.1 Å². The number of para-hydroxylation sites is 7. The Bertz CT molecular complexity index is 4650. The Morgan fingerprint density at radius 2 is 0.827 bits per heavy atom. The molecule has 0 aliphatic carbocycles. The van der Waals surface area contributed by atoms with E-state index in [1.54, 1.807) is 99.2 Å². The van der Waals surface area contributed by atoms with Crippen LogP contribution in [0.15, 0.2) is 135 Å². The van der Waals surface area contributed by atoms with Gasteiger partial charge in [-0.05, 0) is 113 Å². The fourth-order valence-corrected chi connectivity index (χ4v) is 11.7. The van der Waals surface area contributed by atoms with Crippen LogP contribution in [0.2, 0.25) is 0 Å². The summed E-state index contributed by atoms with van der Waals surface area (Å²) in [5, 5.41) is 17.6. The highest BCUT2D eigenvalue weighted by molar-refractivity contribution is 6.00. The Kier molecular flexibility index (Phi) is 33.3. The van der Waals surface area contributed by atoms with E-state index in [1.807, 2.05) is 197 Å². The number of carbonyl (C=O) groups excluding carboxylic acids is 7. The molecule has 0 bridgehead atoms. The number of urea groups is 2. The highest BCUT2D eigenvalue weighted by Gasteiger charge is 2.24. The summed E-state index contributed by atoms with van der Waals surface area (Å²) in [5.41, 5.74) is 13.7. The number of nitrogens with zero attached hydrogens (tertiary/aromatic N) is 19. The van der Waals surface area contributed by atoms with E-state index < -0.39 is 0 Å². The topological polar surface area (TPSA) is 296 Å². The molecule has 10 aromatic rings. The summed E-state index contributed by atoms with van der Waals surface area (Å²) in [6, 6.07) is 39.4. The molecule has 7 aliphatic heterocycles. The number of piperidine rings is 1. The summed E-state index contributed by atoms with van der Waals surface area (Å²) in [7, 11) is 27.3. The number of imidazole rings is 1. The first-order chi connectivity index (χ1) is 52.2. The van der Waals surface area contributed by atoms with Crippen molar-refractivity contribution in [3.05, 3.63) is 171 Å². The normalized spacial score (nSPS) is 15.3. The van der Waals surface area contributed by atoms with Gasteiger partial charge in [0.15, 0.2) is 5.58 Å². The minimum absolute atomic E-state index is 0.0243. The molecule has 5 aromatic heterocycles. The SMILES string of the molecule is CN1C(=O)Cc2ccccc21.CN1CCCC1=O.CN1CCCCC1=O.CN1CCCN(C)C1=O.CN1CCN(C)C1=O.CN1CCOC1=O.CN1CCOC1=O.Cc1nn(C)c(C)c1C.Cc1nn(C)c2ccccc12.Cn1c(=O)n(C)c2ccccc21.Cn1c(=O)oc2ccccc21.Cn1nnc2ccccc21. The Morgan fingerprint density at radius 1 is 0.373 bits per heavy atom. The van der Waals surface area contributed by atoms with E-state index in [9.17, 15) is 43.2 Å². The summed E-state index contributed by atoms with van der Waals surface area (Å²) < 4.78 is 24.4.